The number of aliphatic carboxylic acids is 1. The molecule has 0 saturated carbocycles. The van der Waals surface area contributed by atoms with Crippen LogP contribution in [-0.2, 0) is 11.0 Å². The van der Waals surface area contributed by atoms with Gasteiger partial charge in [-0.2, -0.15) is 13.2 Å². The van der Waals surface area contributed by atoms with Crippen molar-refractivity contribution in [3.05, 3.63) is 53.3 Å². The number of carboxylic acids is 1. The van der Waals surface area contributed by atoms with E-state index < -0.39 is 17.7 Å². The van der Waals surface area contributed by atoms with Gasteiger partial charge < -0.3 is 10.4 Å². The predicted molar refractivity (Wildman–Crippen MR) is 72.6 cm³/mol. The number of carboxylic acid groups (broad SMARTS) is 1. The van der Waals surface area contributed by atoms with Crippen LogP contribution >= 0.6 is 0 Å². The number of carbonyl (C=O) groups is 1. The Hall–Kier alpha value is -2.24. The molecule has 1 aliphatic rings. The summed E-state index contributed by atoms with van der Waals surface area (Å²) in [6, 6.07) is 4.71. The van der Waals surface area contributed by atoms with Crippen LogP contribution in [0.5, 0.6) is 0 Å². The number of anilines is 1. The van der Waals surface area contributed by atoms with E-state index in [0.717, 1.165) is 12.1 Å². The Balaban J connectivity index is 2.36. The van der Waals surface area contributed by atoms with E-state index in [1.165, 1.54) is 18.2 Å². The Kier molecular flexibility index (Phi) is 4.06. The van der Waals surface area contributed by atoms with E-state index in [2.05, 4.69) is 5.32 Å². The summed E-state index contributed by atoms with van der Waals surface area (Å²) in [6.45, 7) is 1.82. The summed E-state index contributed by atoms with van der Waals surface area (Å²) in [5.74, 6) is -1.21. The number of hydrogen-bond donors (Lipinski definition) is 2. The lowest BCUT2D eigenvalue weighted by atomic mass is 9.93. The van der Waals surface area contributed by atoms with Crippen LogP contribution in [0.4, 0.5) is 18.9 Å². The lowest BCUT2D eigenvalue weighted by molar-refractivity contribution is -0.137. The molecule has 1 unspecified atom stereocenters. The number of allylic oxidation sites excluding steroid dienone is 2. The molecule has 1 aliphatic carbocycles. The van der Waals surface area contributed by atoms with Crippen molar-refractivity contribution in [1.82, 2.24) is 0 Å². The van der Waals surface area contributed by atoms with Crippen LogP contribution < -0.4 is 5.32 Å². The minimum atomic E-state index is -4.43. The molecule has 112 valence electrons. The first-order valence-electron chi connectivity index (χ1n) is 6.37. The summed E-state index contributed by atoms with van der Waals surface area (Å²) in [5, 5.41) is 12.0. The van der Waals surface area contributed by atoms with E-state index in [4.69, 9.17) is 5.11 Å². The highest BCUT2D eigenvalue weighted by Crippen LogP contribution is 2.32. The van der Waals surface area contributed by atoms with Crippen LogP contribution in [0, 0.1) is 5.92 Å². The molecule has 0 bridgehead atoms. The van der Waals surface area contributed by atoms with E-state index in [-0.39, 0.29) is 17.2 Å². The Morgan fingerprint density at radius 1 is 1.38 bits per heavy atom. The highest BCUT2D eigenvalue weighted by molar-refractivity contribution is 5.92. The standard InChI is InChI=1S/C15H14F3NO2/c1-9-4-2-7-12(14(20)21)13(9)19-11-6-3-5-10(8-11)15(16,17)18/h2-3,5-9,19H,4H2,1H3,(H,20,21). The zero-order chi connectivity index (χ0) is 15.6. The lowest BCUT2D eigenvalue weighted by Crippen LogP contribution is -2.18. The maximum absolute atomic E-state index is 12.7. The summed E-state index contributed by atoms with van der Waals surface area (Å²) in [4.78, 5) is 11.2. The van der Waals surface area contributed by atoms with Crippen molar-refractivity contribution in [2.75, 3.05) is 5.32 Å². The molecule has 0 saturated heterocycles. The second kappa shape index (κ2) is 5.63. The van der Waals surface area contributed by atoms with Gasteiger partial charge in [-0.05, 0) is 30.7 Å². The molecule has 3 nitrogen and oxygen atoms in total. The molecule has 0 aromatic heterocycles. The average Bonchev–Trinajstić information content (AvgIpc) is 2.40. The molecule has 0 radical (unpaired) electrons. The molecule has 1 atom stereocenters. The fraction of sp³-hybridized carbons (Fsp3) is 0.267. The van der Waals surface area contributed by atoms with E-state index in [9.17, 15) is 18.0 Å². The first kappa shape index (κ1) is 15.2. The third-order valence-corrected chi connectivity index (χ3v) is 3.26. The van der Waals surface area contributed by atoms with E-state index in [1.807, 2.05) is 6.92 Å². The average molecular weight is 297 g/mol. The van der Waals surface area contributed by atoms with Gasteiger partial charge in [0, 0.05) is 17.3 Å². The number of rotatable bonds is 3. The van der Waals surface area contributed by atoms with E-state index >= 15 is 0 Å². The summed E-state index contributed by atoms with van der Waals surface area (Å²) in [7, 11) is 0. The fourth-order valence-electron chi connectivity index (χ4n) is 2.17. The molecule has 0 fully saturated rings. The van der Waals surface area contributed by atoms with Crippen LogP contribution in [0.25, 0.3) is 0 Å². The highest BCUT2D eigenvalue weighted by atomic mass is 19.4. The smallest absolute Gasteiger partial charge is 0.416 e. The van der Waals surface area contributed by atoms with Crippen LogP contribution in [0.3, 0.4) is 0 Å². The molecule has 21 heavy (non-hydrogen) atoms. The van der Waals surface area contributed by atoms with Crippen LogP contribution in [0.1, 0.15) is 18.9 Å². The number of nitrogens with one attached hydrogen (secondary N) is 1. The van der Waals surface area contributed by atoms with Crippen molar-refractivity contribution < 1.29 is 23.1 Å². The summed E-state index contributed by atoms with van der Waals surface area (Å²) in [5.41, 5.74) is -0.0554. The maximum atomic E-state index is 12.7. The molecule has 2 N–H and O–H groups in total. The van der Waals surface area contributed by atoms with Crippen molar-refractivity contribution in [3.63, 3.8) is 0 Å². The molecule has 1 aromatic carbocycles. The van der Waals surface area contributed by atoms with Gasteiger partial charge in [-0.25, -0.2) is 4.79 Å². The van der Waals surface area contributed by atoms with Gasteiger partial charge in [-0.15, -0.1) is 0 Å². The Labute approximate surface area is 119 Å². The third-order valence-electron chi connectivity index (χ3n) is 3.26. The van der Waals surface area contributed by atoms with Crippen LogP contribution in [0.2, 0.25) is 0 Å². The van der Waals surface area contributed by atoms with Crippen LogP contribution in [-0.4, -0.2) is 11.1 Å². The van der Waals surface area contributed by atoms with Crippen molar-refractivity contribution in [2.45, 2.75) is 19.5 Å². The molecule has 0 heterocycles. The first-order valence-corrected chi connectivity index (χ1v) is 6.37. The van der Waals surface area contributed by atoms with Gasteiger partial charge in [0.1, 0.15) is 0 Å². The van der Waals surface area contributed by atoms with Gasteiger partial charge in [0.25, 0.3) is 0 Å². The van der Waals surface area contributed by atoms with Gasteiger partial charge in [-0.3, -0.25) is 0 Å². The second-order valence-corrected chi connectivity index (χ2v) is 4.88. The van der Waals surface area contributed by atoms with E-state index in [1.54, 1.807) is 6.08 Å². The maximum Gasteiger partial charge on any atom is 0.416 e. The van der Waals surface area contributed by atoms with Crippen molar-refractivity contribution in [1.29, 1.82) is 0 Å². The van der Waals surface area contributed by atoms with Gasteiger partial charge in [0.05, 0.1) is 11.1 Å². The first-order chi connectivity index (χ1) is 9.79. The van der Waals surface area contributed by atoms with Crippen molar-refractivity contribution >= 4 is 11.7 Å². The zero-order valence-corrected chi connectivity index (χ0v) is 11.2. The number of halogens is 3. The molecule has 2 rings (SSSR count). The van der Waals surface area contributed by atoms with Gasteiger partial charge >= 0.3 is 12.1 Å². The minimum Gasteiger partial charge on any atom is -0.478 e. The zero-order valence-electron chi connectivity index (χ0n) is 11.2. The number of hydrogen-bond acceptors (Lipinski definition) is 2. The van der Waals surface area contributed by atoms with E-state index in [0.29, 0.717) is 12.1 Å². The SMILES string of the molecule is CC1CC=CC(C(=O)O)=C1Nc1cccc(C(F)(F)F)c1. The molecular formula is C15H14F3NO2. The Morgan fingerprint density at radius 2 is 2.10 bits per heavy atom. The summed E-state index contributed by atoms with van der Waals surface area (Å²) >= 11 is 0. The monoisotopic (exact) mass is 297 g/mol. The molecule has 6 heteroatoms. The van der Waals surface area contributed by atoms with Crippen molar-refractivity contribution in [3.8, 4) is 0 Å². The Morgan fingerprint density at radius 3 is 2.71 bits per heavy atom. The van der Waals surface area contributed by atoms with Gasteiger partial charge in [0.15, 0.2) is 0 Å². The highest BCUT2D eigenvalue weighted by Gasteiger charge is 2.30. The quantitative estimate of drug-likeness (QED) is 0.884. The summed E-state index contributed by atoms with van der Waals surface area (Å²) in [6.07, 6.45) is -0.582. The lowest BCUT2D eigenvalue weighted by Gasteiger charge is -2.22. The third kappa shape index (κ3) is 3.45. The van der Waals surface area contributed by atoms with Gasteiger partial charge in [0.2, 0.25) is 0 Å². The largest absolute Gasteiger partial charge is 0.478 e. The molecule has 1 aromatic rings. The second-order valence-electron chi connectivity index (χ2n) is 4.88. The molecule has 0 aliphatic heterocycles. The van der Waals surface area contributed by atoms with Gasteiger partial charge in [-0.1, -0.05) is 19.1 Å². The number of benzene rings is 1. The normalized spacial score (nSPS) is 18.8. The summed E-state index contributed by atoms with van der Waals surface area (Å²) < 4.78 is 38.0. The topological polar surface area (TPSA) is 49.3 Å². The molecular weight excluding hydrogens is 283 g/mol. The fourth-order valence-corrected chi connectivity index (χ4v) is 2.17. The minimum absolute atomic E-state index is 0.0751. The molecule has 0 spiro atoms. The number of alkyl halides is 3. The molecule has 0 amide bonds. The van der Waals surface area contributed by atoms with Crippen LogP contribution in [0.15, 0.2) is 47.7 Å². The van der Waals surface area contributed by atoms with Crippen molar-refractivity contribution in [2.24, 2.45) is 5.92 Å². The predicted octanol–water partition coefficient (Wildman–Crippen LogP) is 4.05. The Bertz CT molecular complexity index is 618.